The largest absolute Gasteiger partial charge is 0.471 e. The highest BCUT2D eigenvalue weighted by Gasteiger charge is 2.38. The minimum absolute atomic E-state index is 0.152. The Morgan fingerprint density at radius 1 is 1.00 bits per heavy atom. The summed E-state index contributed by atoms with van der Waals surface area (Å²) in [4.78, 5) is 16.7. The van der Waals surface area contributed by atoms with Gasteiger partial charge in [0.1, 0.15) is 0 Å². The molecule has 166 valence electrons. The van der Waals surface area contributed by atoms with Crippen molar-refractivity contribution >= 4 is 5.69 Å². The van der Waals surface area contributed by atoms with Crippen molar-refractivity contribution in [3.8, 4) is 22.8 Å². The molecule has 0 spiro atoms. The van der Waals surface area contributed by atoms with Gasteiger partial charge >= 0.3 is 12.1 Å². The fourth-order valence-electron chi connectivity index (χ4n) is 3.13. The second-order valence-corrected chi connectivity index (χ2v) is 7.05. The molecule has 0 aromatic carbocycles. The Kier molecular flexibility index (Phi) is 7.21. The molecule has 3 aromatic heterocycles. The van der Waals surface area contributed by atoms with Crippen molar-refractivity contribution in [2.75, 3.05) is 38.1 Å². The lowest BCUT2D eigenvalue weighted by atomic mass is 10.1. The van der Waals surface area contributed by atoms with Gasteiger partial charge in [-0.3, -0.25) is 9.97 Å². The molecule has 3 aromatic rings. The van der Waals surface area contributed by atoms with E-state index in [9.17, 15) is 13.2 Å². The number of aromatic nitrogens is 4. The second-order valence-electron chi connectivity index (χ2n) is 7.05. The summed E-state index contributed by atoms with van der Waals surface area (Å²) in [6.07, 6.45) is -0.398. The van der Waals surface area contributed by atoms with Crippen LogP contribution in [0.5, 0.6) is 0 Å². The Morgan fingerprint density at radius 3 is 2.39 bits per heavy atom. The van der Waals surface area contributed by atoms with Gasteiger partial charge in [-0.1, -0.05) is 19.0 Å². The van der Waals surface area contributed by atoms with E-state index in [0.29, 0.717) is 17.0 Å². The molecule has 0 aliphatic heterocycles. The number of halogens is 3. The third-order valence-electron chi connectivity index (χ3n) is 5.00. The molecule has 0 unspecified atom stereocenters. The lowest BCUT2D eigenvalue weighted by Crippen LogP contribution is -2.28. The zero-order valence-electron chi connectivity index (χ0n) is 17.7. The summed E-state index contributed by atoms with van der Waals surface area (Å²) < 4.78 is 42.4. The Hall–Kier alpha value is -3.01. The van der Waals surface area contributed by atoms with Crippen LogP contribution in [0, 0.1) is 0 Å². The summed E-state index contributed by atoms with van der Waals surface area (Å²) >= 11 is 0. The van der Waals surface area contributed by atoms with E-state index in [-0.39, 0.29) is 5.82 Å². The third-order valence-corrected chi connectivity index (χ3v) is 5.00. The topological polar surface area (TPSA) is 71.2 Å². The highest BCUT2D eigenvalue weighted by molar-refractivity contribution is 5.65. The van der Waals surface area contributed by atoms with Crippen LogP contribution in [0.4, 0.5) is 18.9 Å². The first-order valence-corrected chi connectivity index (χ1v) is 10.1. The molecule has 0 saturated carbocycles. The van der Waals surface area contributed by atoms with Gasteiger partial charge < -0.3 is 14.3 Å². The van der Waals surface area contributed by atoms with E-state index >= 15 is 0 Å². The Labute approximate surface area is 178 Å². The van der Waals surface area contributed by atoms with Gasteiger partial charge in [0.2, 0.25) is 5.82 Å². The van der Waals surface area contributed by atoms with Crippen molar-refractivity contribution in [2.24, 2.45) is 0 Å². The molecule has 0 saturated heterocycles. The fraction of sp³-hybridized carbons (Fsp3) is 0.429. The first-order chi connectivity index (χ1) is 14.8. The van der Waals surface area contributed by atoms with Crippen LogP contribution in [0.15, 0.2) is 41.2 Å². The SMILES string of the molecule is CCN(CC)CCCN(C)c1ccc(-c2cc(-c3noc(C(F)(F)F)n3)ccn2)nc1. The molecule has 31 heavy (non-hydrogen) atoms. The number of rotatable bonds is 9. The Bertz CT molecular complexity index is 970. The first kappa shape index (κ1) is 22.7. The molecule has 0 fully saturated rings. The second kappa shape index (κ2) is 9.86. The summed E-state index contributed by atoms with van der Waals surface area (Å²) in [5.74, 6) is -1.53. The quantitative estimate of drug-likeness (QED) is 0.495. The van der Waals surface area contributed by atoms with Gasteiger partial charge in [-0.2, -0.15) is 18.2 Å². The lowest BCUT2D eigenvalue weighted by molar-refractivity contribution is -0.159. The number of alkyl halides is 3. The van der Waals surface area contributed by atoms with E-state index in [1.165, 1.54) is 12.3 Å². The number of anilines is 1. The minimum atomic E-state index is -4.68. The van der Waals surface area contributed by atoms with Gasteiger partial charge in [0, 0.05) is 25.4 Å². The zero-order chi connectivity index (χ0) is 22.4. The van der Waals surface area contributed by atoms with Crippen LogP contribution < -0.4 is 4.90 Å². The highest BCUT2D eigenvalue weighted by Crippen LogP contribution is 2.30. The van der Waals surface area contributed by atoms with Crippen molar-refractivity contribution in [3.63, 3.8) is 0 Å². The average molecular weight is 434 g/mol. The molecule has 7 nitrogen and oxygen atoms in total. The molecule has 0 aliphatic carbocycles. The van der Waals surface area contributed by atoms with Gasteiger partial charge in [0.25, 0.3) is 0 Å². The molecule has 3 rings (SSSR count). The molecule has 0 aliphatic rings. The highest BCUT2D eigenvalue weighted by atomic mass is 19.4. The summed E-state index contributed by atoms with van der Waals surface area (Å²) in [6, 6.07) is 6.89. The van der Waals surface area contributed by atoms with E-state index in [1.54, 1.807) is 12.3 Å². The lowest BCUT2D eigenvalue weighted by Gasteiger charge is -2.22. The van der Waals surface area contributed by atoms with Crippen LogP contribution in [0.25, 0.3) is 22.8 Å². The van der Waals surface area contributed by atoms with Crippen LogP contribution in [0.3, 0.4) is 0 Å². The maximum absolute atomic E-state index is 12.7. The van der Waals surface area contributed by atoms with Crippen LogP contribution in [-0.2, 0) is 6.18 Å². The zero-order valence-corrected chi connectivity index (χ0v) is 17.7. The number of hydrogen-bond donors (Lipinski definition) is 0. The smallest absolute Gasteiger partial charge is 0.373 e. The van der Waals surface area contributed by atoms with E-state index in [1.807, 2.05) is 19.2 Å². The standard InChI is InChI=1S/C21H25F3N6O/c1-4-30(5-2)12-6-11-29(3)16-7-8-17(26-14-16)18-13-15(9-10-25-18)19-27-20(31-28-19)21(22,23)24/h7-10,13-14H,4-6,11-12H2,1-3H3. The van der Waals surface area contributed by atoms with Gasteiger partial charge in [0.05, 0.1) is 23.3 Å². The molecule has 0 radical (unpaired) electrons. The molecule has 0 N–H and O–H groups in total. The van der Waals surface area contributed by atoms with E-state index in [4.69, 9.17) is 0 Å². The van der Waals surface area contributed by atoms with Crippen molar-refractivity contribution in [1.29, 1.82) is 0 Å². The number of pyridine rings is 2. The first-order valence-electron chi connectivity index (χ1n) is 10.1. The van der Waals surface area contributed by atoms with Gasteiger partial charge in [-0.25, -0.2) is 0 Å². The van der Waals surface area contributed by atoms with Crippen LogP contribution in [0.1, 0.15) is 26.2 Å². The molecule has 0 bridgehead atoms. The van der Waals surface area contributed by atoms with Crippen molar-refractivity contribution in [2.45, 2.75) is 26.4 Å². The minimum Gasteiger partial charge on any atom is -0.373 e. The number of nitrogens with zero attached hydrogens (tertiary/aromatic N) is 6. The van der Waals surface area contributed by atoms with Crippen molar-refractivity contribution in [3.05, 3.63) is 42.5 Å². The van der Waals surface area contributed by atoms with E-state index < -0.39 is 12.1 Å². The fourth-order valence-corrected chi connectivity index (χ4v) is 3.13. The molecule has 0 atom stereocenters. The average Bonchev–Trinajstić information content (AvgIpc) is 3.28. The summed E-state index contributed by atoms with van der Waals surface area (Å²) in [5, 5.41) is 3.41. The van der Waals surface area contributed by atoms with Crippen molar-refractivity contribution < 1.29 is 17.7 Å². The van der Waals surface area contributed by atoms with E-state index in [0.717, 1.165) is 38.3 Å². The van der Waals surface area contributed by atoms with Gasteiger partial charge in [-0.05, 0) is 50.3 Å². The van der Waals surface area contributed by atoms with E-state index in [2.05, 4.69) is 48.3 Å². The normalized spacial score (nSPS) is 11.8. The maximum atomic E-state index is 12.7. The predicted octanol–water partition coefficient (Wildman–Crippen LogP) is 4.38. The maximum Gasteiger partial charge on any atom is 0.471 e. The Balaban J connectivity index is 1.68. The van der Waals surface area contributed by atoms with Gasteiger partial charge in [-0.15, -0.1) is 0 Å². The summed E-state index contributed by atoms with van der Waals surface area (Å²) in [6.45, 7) is 8.36. The summed E-state index contributed by atoms with van der Waals surface area (Å²) in [7, 11) is 2.02. The molecule has 3 heterocycles. The van der Waals surface area contributed by atoms with Crippen molar-refractivity contribution in [1.82, 2.24) is 25.0 Å². The molecule has 10 heteroatoms. The monoisotopic (exact) mass is 434 g/mol. The Morgan fingerprint density at radius 2 is 1.77 bits per heavy atom. The van der Waals surface area contributed by atoms with Crippen LogP contribution >= 0.6 is 0 Å². The predicted molar refractivity (Wildman–Crippen MR) is 111 cm³/mol. The molecular weight excluding hydrogens is 409 g/mol. The third kappa shape index (κ3) is 5.78. The number of hydrogen-bond acceptors (Lipinski definition) is 7. The van der Waals surface area contributed by atoms with Gasteiger partial charge in [0.15, 0.2) is 0 Å². The van der Waals surface area contributed by atoms with Crippen LogP contribution in [0.2, 0.25) is 0 Å². The summed E-state index contributed by atoms with van der Waals surface area (Å²) in [5.41, 5.74) is 2.45. The molecular formula is C21H25F3N6O. The molecule has 0 amide bonds. The van der Waals surface area contributed by atoms with Crippen LogP contribution in [-0.4, -0.2) is 58.2 Å².